The SMILES string of the molecule is Cc1ccccc1S(=O)(=O)Nc1ccccc1CN(C)C. The number of benzene rings is 2. The van der Waals surface area contributed by atoms with Crippen molar-refractivity contribution >= 4 is 15.7 Å². The van der Waals surface area contributed by atoms with Crippen molar-refractivity contribution in [3.8, 4) is 0 Å². The van der Waals surface area contributed by atoms with Gasteiger partial charge in [-0.1, -0.05) is 36.4 Å². The van der Waals surface area contributed by atoms with E-state index >= 15 is 0 Å². The van der Waals surface area contributed by atoms with Crippen LogP contribution in [0.4, 0.5) is 5.69 Å². The summed E-state index contributed by atoms with van der Waals surface area (Å²) < 4.78 is 27.8. The highest BCUT2D eigenvalue weighted by atomic mass is 32.2. The summed E-state index contributed by atoms with van der Waals surface area (Å²) in [7, 11) is 0.331. The van der Waals surface area contributed by atoms with Gasteiger partial charge in [-0.05, 0) is 44.3 Å². The number of aryl methyl sites for hydroxylation is 1. The summed E-state index contributed by atoms with van der Waals surface area (Å²) in [6, 6.07) is 14.4. The minimum absolute atomic E-state index is 0.310. The van der Waals surface area contributed by atoms with Crippen LogP contribution in [0, 0.1) is 6.92 Å². The van der Waals surface area contributed by atoms with Crippen LogP contribution in [0.5, 0.6) is 0 Å². The molecule has 0 aromatic heterocycles. The van der Waals surface area contributed by atoms with Crippen molar-refractivity contribution in [1.82, 2.24) is 4.90 Å². The standard InChI is InChI=1S/C16H20N2O2S/c1-13-8-4-7-11-16(13)21(19,20)17-15-10-6-5-9-14(15)12-18(2)3/h4-11,17H,12H2,1-3H3. The van der Waals surface area contributed by atoms with Gasteiger partial charge in [-0.15, -0.1) is 0 Å². The van der Waals surface area contributed by atoms with E-state index in [0.29, 0.717) is 17.1 Å². The largest absolute Gasteiger partial charge is 0.305 e. The second kappa shape index (κ2) is 6.28. The highest BCUT2D eigenvalue weighted by molar-refractivity contribution is 7.92. The van der Waals surface area contributed by atoms with E-state index < -0.39 is 10.0 Å². The Balaban J connectivity index is 2.36. The van der Waals surface area contributed by atoms with Crippen molar-refractivity contribution in [2.45, 2.75) is 18.4 Å². The summed E-state index contributed by atoms with van der Waals surface area (Å²) in [5.41, 5.74) is 2.30. The summed E-state index contributed by atoms with van der Waals surface area (Å²) in [4.78, 5) is 2.31. The van der Waals surface area contributed by atoms with Gasteiger partial charge in [0.1, 0.15) is 0 Å². The maximum Gasteiger partial charge on any atom is 0.262 e. The lowest BCUT2D eigenvalue weighted by Crippen LogP contribution is -2.17. The minimum atomic E-state index is -3.57. The van der Waals surface area contributed by atoms with E-state index in [4.69, 9.17) is 0 Å². The van der Waals surface area contributed by atoms with E-state index in [1.54, 1.807) is 31.2 Å². The zero-order valence-corrected chi connectivity index (χ0v) is 13.3. The van der Waals surface area contributed by atoms with Gasteiger partial charge >= 0.3 is 0 Å². The highest BCUT2D eigenvalue weighted by Crippen LogP contribution is 2.22. The summed E-state index contributed by atoms with van der Waals surface area (Å²) in [6.45, 7) is 2.47. The van der Waals surface area contributed by atoms with Gasteiger partial charge in [-0.2, -0.15) is 0 Å². The number of hydrogen-bond acceptors (Lipinski definition) is 3. The maximum atomic E-state index is 12.5. The summed E-state index contributed by atoms with van der Waals surface area (Å²) in [5, 5.41) is 0. The summed E-state index contributed by atoms with van der Waals surface area (Å²) in [6.07, 6.45) is 0. The van der Waals surface area contributed by atoms with E-state index in [-0.39, 0.29) is 0 Å². The Bertz CT molecular complexity index is 725. The fourth-order valence-corrected chi connectivity index (χ4v) is 3.50. The molecule has 0 aliphatic carbocycles. The number of rotatable bonds is 5. The molecule has 0 heterocycles. The molecule has 4 nitrogen and oxygen atoms in total. The molecule has 0 aliphatic heterocycles. The van der Waals surface area contributed by atoms with Crippen LogP contribution < -0.4 is 4.72 Å². The predicted molar refractivity (Wildman–Crippen MR) is 85.8 cm³/mol. The maximum absolute atomic E-state index is 12.5. The van der Waals surface area contributed by atoms with Crippen molar-refractivity contribution in [3.05, 3.63) is 59.7 Å². The molecule has 112 valence electrons. The van der Waals surface area contributed by atoms with Crippen LogP contribution in [0.3, 0.4) is 0 Å². The summed E-state index contributed by atoms with van der Waals surface area (Å²) in [5.74, 6) is 0. The first-order valence-electron chi connectivity index (χ1n) is 6.71. The number of nitrogens with zero attached hydrogens (tertiary/aromatic N) is 1. The van der Waals surface area contributed by atoms with Crippen molar-refractivity contribution in [3.63, 3.8) is 0 Å². The van der Waals surface area contributed by atoms with Crippen molar-refractivity contribution in [2.24, 2.45) is 0 Å². The molecule has 0 aliphatic rings. The van der Waals surface area contributed by atoms with E-state index in [9.17, 15) is 8.42 Å². The molecule has 2 aromatic rings. The van der Waals surface area contributed by atoms with Gasteiger partial charge in [0.05, 0.1) is 10.6 Å². The Morgan fingerprint density at radius 1 is 1.00 bits per heavy atom. The Labute approximate surface area is 126 Å². The fourth-order valence-electron chi connectivity index (χ4n) is 2.16. The Morgan fingerprint density at radius 3 is 2.29 bits per heavy atom. The molecule has 0 unspecified atom stereocenters. The molecule has 0 saturated carbocycles. The van der Waals surface area contributed by atoms with Crippen LogP contribution >= 0.6 is 0 Å². The first kappa shape index (κ1) is 15.5. The molecule has 0 fully saturated rings. The zero-order chi connectivity index (χ0) is 15.5. The molecule has 0 spiro atoms. The normalized spacial score (nSPS) is 11.6. The second-order valence-electron chi connectivity index (χ2n) is 5.27. The molecule has 0 saturated heterocycles. The van der Waals surface area contributed by atoms with Crippen LogP contribution in [0.1, 0.15) is 11.1 Å². The first-order chi connectivity index (χ1) is 9.90. The summed E-state index contributed by atoms with van der Waals surface area (Å²) >= 11 is 0. The molecule has 5 heteroatoms. The average Bonchev–Trinajstić information content (AvgIpc) is 2.40. The third kappa shape index (κ3) is 3.83. The molecule has 0 amide bonds. The second-order valence-corrected chi connectivity index (χ2v) is 6.92. The Kier molecular flexibility index (Phi) is 4.65. The van der Waals surface area contributed by atoms with E-state index in [1.807, 2.05) is 43.3 Å². The van der Waals surface area contributed by atoms with E-state index in [2.05, 4.69) is 4.72 Å². The van der Waals surface area contributed by atoms with E-state index in [0.717, 1.165) is 11.1 Å². The molecule has 2 aromatic carbocycles. The fraction of sp³-hybridized carbons (Fsp3) is 0.250. The van der Waals surface area contributed by atoms with E-state index in [1.165, 1.54) is 0 Å². The number of anilines is 1. The van der Waals surface area contributed by atoms with Gasteiger partial charge in [0.15, 0.2) is 0 Å². The highest BCUT2D eigenvalue weighted by Gasteiger charge is 2.17. The number of para-hydroxylation sites is 1. The Morgan fingerprint density at radius 2 is 1.62 bits per heavy atom. The molecule has 2 rings (SSSR count). The van der Waals surface area contributed by atoms with Gasteiger partial charge in [0.25, 0.3) is 10.0 Å². The van der Waals surface area contributed by atoms with Crippen LogP contribution in [0.15, 0.2) is 53.4 Å². The van der Waals surface area contributed by atoms with Gasteiger partial charge in [0, 0.05) is 6.54 Å². The molecule has 0 bridgehead atoms. The van der Waals surface area contributed by atoms with Crippen LogP contribution in [0.25, 0.3) is 0 Å². The zero-order valence-electron chi connectivity index (χ0n) is 12.5. The molecule has 1 N–H and O–H groups in total. The van der Waals surface area contributed by atoms with Gasteiger partial charge in [-0.25, -0.2) is 8.42 Å². The molecular formula is C16H20N2O2S. The molecular weight excluding hydrogens is 284 g/mol. The van der Waals surface area contributed by atoms with Crippen LogP contribution in [-0.4, -0.2) is 27.4 Å². The smallest absolute Gasteiger partial charge is 0.262 e. The lowest BCUT2D eigenvalue weighted by molar-refractivity contribution is 0.403. The number of nitrogens with one attached hydrogen (secondary N) is 1. The number of sulfonamides is 1. The minimum Gasteiger partial charge on any atom is -0.305 e. The van der Waals surface area contributed by atoms with Gasteiger partial charge in [0.2, 0.25) is 0 Å². The lowest BCUT2D eigenvalue weighted by Gasteiger charge is -2.16. The van der Waals surface area contributed by atoms with Crippen molar-refractivity contribution in [1.29, 1.82) is 0 Å². The number of hydrogen-bond donors (Lipinski definition) is 1. The molecule has 0 atom stereocenters. The monoisotopic (exact) mass is 304 g/mol. The van der Waals surface area contributed by atoms with Gasteiger partial charge in [-0.3, -0.25) is 4.72 Å². The predicted octanol–water partition coefficient (Wildman–Crippen LogP) is 2.86. The quantitative estimate of drug-likeness (QED) is 0.924. The third-order valence-electron chi connectivity index (χ3n) is 3.13. The molecule has 21 heavy (non-hydrogen) atoms. The Hall–Kier alpha value is -1.85. The van der Waals surface area contributed by atoms with Gasteiger partial charge < -0.3 is 4.90 Å². The first-order valence-corrected chi connectivity index (χ1v) is 8.19. The topological polar surface area (TPSA) is 49.4 Å². The van der Waals surface area contributed by atoms with Crippen molar-refractivity contribution in [2.75, 3.05) is 18.8 Å². The molecule has 0 radical (unpaired) electrons. The van der Waals surface area contributed by atoms with Crippen LogP contribution in [0.2, 0.25) is 0 Å². The lowest BCUT2D eigenvalue weighted by atomic mass is 10.2. The van der Waals surface area contributed by atoms with Crippen molar-refractivity contribution < 1.29 is 8.42 Å². The van der Waals surface area contributed by atoms with Crippen LogP contribution in [-0.2, 0) is 16.6 Å². The average molecular weight is 304 g/mol. The third-order valence-corrected chi connectivity index (χ3v) is 4.66.